The molecule has 6 heteroatoms. The first-order valence-corrected chi connectivity index (χ1v) is 6.97. The Kier molecular flexibility index (Phi) is 4.42. The molecule has 1 amide bonds. The first-order valence-electron chi connectivity index (χ1n) is 6.97. The van der Waals surface area contributed by atoms with Crippen LogP contribution in [0.1, 0.15) is 45.1 Å². The van der Waals surface area contributed by atoms with E-state index in [1.807, 2.05) is 0 Å². The van der Waals surface area contributed by atoms with Crippen LogP contribution in [0.25, 0.3) is 0 Å². The molecular formula is C14H21N3O3. The van der Waals surface area contributed by atoms with Gasteiger partial charge in [-0.2, -0.15) is 0 Å². The van der Waals surface area contributed by atoms with Gasteiger partial charge in [0, 0.05) is 12.4 Å². The van der Waals surface area contributed by atoms with E-state index in [2.05, 4.69) is 10.3 Å². The predicted molar refractivity (Wildman–Crippen MR) is 72.9 cm³/mol. The van der Waals surface area contributed by atoms with Crippen LogP contribution in [0, 0.1) is 0 Å². The second kappa shape index (κ2) is 6.07. The number of nitrogens with one attached hydrogen (secondary N) is 1. The third kappa shape index (κ3) is 2.84. The van der Waals surface area contributed by atoms with Crippen molar-refractivity contribution < 1.29 is 14.3 Å². The molecule has 1 fully saturated rings. The van der Waals surface area contributed by atoms with Gasteiger partial charge in [-0.15, -0.1) is 0 Å². The number of carbonyl (C=O) groups excluding carboxylic acids is 2. The summed E-state index contributed by atoms with van der Waals surface area (Å²) in [7, 11) is 1.37. The first-order chi connectivity index (χ1) is 9.59. The highest BCUT2D eigenvalue weighted by Gasteiger charge is 2.42. The summed E-state index contributed by atoms with van der Waals surface area (Å²) in [5.74, 6) is -0.529. The summed E-state index contributed by atoms with van der Waals surface area (Å²) < 4.78 is 6.60. The summed E-state index contributed by atoms with van der Waals surface area (Å²) in [6.45, 7) is 1.78. The van der Waals surface area contributed by atoms with Crippen molar-refractivity contribution in [3.63, 3.8) is 0 Å². The molecule has 0 unspecified atom stereocenters. The highest BCUT2D eigenvalue weighted by Crippen LogP contribution is 2.30. The van der Waals surface area contributed by atoms with E-state index in [9.17, 15) is 9.59 Å². The fourth-order valence-electron chi connectivity index (χ4n) is 2.71. The summed E-state index contributed by atoms with van der Waals surface area (Å²) in [4.78, 5) is 28.4. The van der Waals surface area contributed by atoms with Gasteiger partial charge in [0.25, 0.3) is 0 Å². The van der Waals surface area contributed by atoms with Crippen LogP contribution in [0.15, 0.2) is 18.7 Å². The van der Waals surface area contributed by atoms with Gasteiger partial charge in [0.05, 0.1) is 13.4 Å². The van der Waals surface area contributed by atoms with Crippen molar-refractivity contribution in [2.24, 2.45) is 0 Å². The largest absolute Gasteiger partial charge is 0.467 e. The number of nitrogens with zero attached hydrogens (tertiary/aromatic N) is 2. The average Bonchev–Trinajstić information content (AvgIpc) is 3.00. The van der Waals surface area contributed by atoms with E-state index in [0.717, 1.165) is 19.3 Å². The molecule has 1 aromatic heterocycles. The Morgan fingerprint density at radius 1 is 1.35 bits per heavy atom. The zero-order valence-electron chi connectivity index (χ0n) is 12.0. The number of hydrogen-bond donors (Lipinski definition) is 1. The molecule has 1 N–H and O–H groups in total. The lowest BCUT2D eigenvalue weighted by molar-refractivity contribution is -0.153. The quantitative estimate of drug-likeness (QED) is 0.846. The Hall–Kier alpha value is -1.85. The molecule has 1 saturated carbocycles. The topological polar surface area (TPSA) is 73.2 Å². The van der Waals surface area contributed by atoms with Crippen LogP contribution in [0.4, 0.5) is 0 Å². The number of carbonyl (C=O) groups is 2. The van der Waals surface area contributed by atoms with E-state index in [0.29, 0.717) is 12.8 Å². The minimum Gasteiger partial charge on any atom is -0.467 e. The van der Waals surface area contributed by atoms with Crippen LogP contribution in [0.2, 0.25) is 0 Å². The smallest absolute Gasteiger partial charge is 0.331 e. The minimum absolute atomic E-state index is 0.185. The second-order valence-corrected chi connectivity index (χ2v) is 5.31. The lowest BCUT2D eigenvalue weighted by Crippen LogP contribution is -2.57. The molecule has 110 valence electrons. The Morgan fingerprint density at radius 2 is 2.05 bits per heavy atom. The molecule has 6 nitrogen and oxygen atoms in total. The zero-order chi connectivity index (χ0) is 14.6. The molecular weight excluding hydrogens is 258 g/mol. The van der Waals surface area contributed by atoms with Gasteiger partial charge < -0.3 is 14.6 Å². The Bertz CT molecular complexity index is 464. The van der Waals surface area contributed by atoms with Crippen LogP contribution in [0.5, 0.6) is 0 Å². The monoisotopic (exact) mass is 279 g/mol. The average molecular weight is 279 g/mol. The van der Waals surface area contributed by atoms with Gasteiger partial charge in [0.1, 0.15) is 11.6 Å². The van der Waals surface area contributed by atoms with Crippen molar-refractivity contribution in [3.05, 3.63) is 18.7 Å². The molecule has 0 radical (unpaired) electrons. The molecule has 1 heterocycles. The zero-order valence-corrected chi connectivity index (χ0v) is 12.0. The van der Waals surface area contributed by atoms with Gasteiger partial charge in [0.2, 0.25) is 5.91 Å². The van der Waals surface area contributed by atoms with Gasteiger partial charge in [0.15, 0.2) is 0 Å². The second-order valence-electron chi connectivity index (χ2n) is 5.31. The van der Waals surface area contributed by atoms with Crippen LogP contribution in [-0.4, -0.2) is 34.1 Å². The van der Waals surface area contributed by atoms with Crippen LogP contribution < -0.4 is 5.32 Å². The number of ether oxygens (including phenoxy) is 1. The van der Waals surface area contributed by atoms with E-state index < -0.39 is 11.6 Å². The van der Waals surface area contributed by atoms with Gasteiger partial charge in [-0.1, -0.05) is 19.3 Å². The molecule has 0 aliphatic heterocycles. The van der Waals surface area contributed by atoms with Crippen molar-refractivity contribution in [2.45, 2.75) is 50.6 Å². The fraction of sp³-hybridized carbons (Fsp3) is 0.643. The van der Waals surface area contributed by atoms with Crippen LogP contribution in [-0.2, 0) is 14.3 Å². The summed E-state index contributed by atoms with van der Waals surface area (Å²) in [5, 5.41) is 2.91. The number of methoxy groups -OCH3 is 1. The number of imidazole rings is 1. The van der Waals surface area contributed by atoms with Gasteiger partial charge in [-0.25, -0.2) is 9.78 Å². The van der Waals surface area contributed by atoms with Crippen molar-refractivity contribution in [1.29, 1.82) is 0 Å². The maximum absolute atomic E-state index is 12.4. The number of amides is 1. The predicted octanol–water partition coefficient (Wildman–Crippen LogP) is 1.44. The first kappa shape index (κ1) is 14.6. The Morgan fingerprint density at radius 3 is 2.60 bits per heavy atom. The van der Waals surface area contributed by atoms with Gasteiger partial charge in [-0.05, 0) is 19.8 Å². The molecule has 0 aromatic carbocycles. The van der Waals surface area contributed by atoms with Crippen molar-refractivity contribution >= 4 is 11.9 Å². The molecule has 1 atom stereocenters. The molecule has 1 aromatic rings. The van der Waals surface area contributed by atoms with Crippen LogP contribution >= 0.6 is 0 Å². The van der Waals surface area contributed by atoms with E-state index in [1.165, 1.54) is 7.11 Å². The molecule has 0 saturated heterocycles. The third-order valence-corrected chi connectivity index (χ3v) is 4.00. The summed E-state index contributed by atoms with van der Waals surface area (Å²) >= 11 is 0. The van der Waals surface area contributed by atoms with E-state index in [4.69, 9.17) is 4.74 Å². The Labute approximate surface area is 118 Å². The fourth-order valence-corrected chi connectivity index (χ4v) is 2.71. The van der Waals surface area contributed by atoms with E-state index >= 15 is 0 Å². The lowest BCUT2D eigenvalue weighted by Gasteiger charge is -2.36. The maximum Gasteiger partial charge on any atom is 0.331 e. The number of hydrogen-bond acceptors (Lipinski definition) is 4. The van der Waals surface area contributed by atoms with Crippen LogP contribution in [0.3, 0.4) is 0 Å². The summed E-state index contributed by atoms with van der Waals surface area (Å²) in [5.41, 5.74) is -0.862. The number of rotatable bonds is 4. The summed E-state index contributed by atoms with van der Waals surface area (Å²) in [6, 6.07) is -0.402. The lowest BCUT2D eigenvalue weighted by atomic mass is 9.81. The maximum atomic E-state index is 12.4. The number of esters is 1. The minimum atomic E-state index is -0.862. The highest BCUT2D eigenvalue weighted by atomic mass is 16.5. The van der Waals surface area contributed by atoms with E-state index in [1.54, 1.807) is 30.2 Å². The van der Waals surface area contributed by atoms with Crippen molar-refractivity contribution in [3.8, 4) is 0 Å². The normalized spacial score (nSPS) is 19.1. The van der Waals surface area contributed by atoms with E-state index in [-0.39, 0.29) is 11.9 Å². The summed E-state index contributed by atoms with van der Waals surface area (Å²) in [6.07, 6.45) is 9.17. The number of aromatic nitrogens is 2. The molecule has 0 bridgehead atoms. The molecule has 1 aliphatic rings. The molecule has 2 rings (SSSR count). The molecule has 1 aliphatic carbocycles. The SMILES string of the molecule is COC(=O)C1(NC(=O)[C@H](C)n2ccnc2)CCCCC1. The van der Waals surface area contributed by atoms with Crippen molar-refractivity contribution in [1.82, 2.24) is 14.9 Å². The van der Waals surface area contributed by atoms with Gasteiger partial charge >= 0.3 is 5.97 Å². The molecule has 20 heavy (non-hydrogen) atoms. The van der Waals surface area contributed by atoms with Crippen molar-refractivity contribution in [2.75, 3.05) is 7.11 Å². The standard InChI is InChI=1S/C14H21N3O3/c1-11(17-9-8-15-10-17)12(18)16-14(13(19)20-2)6-4-3-5-7-14/h8-11H,3-7H2,1-2H3,(H,16,18)/t11-/m0/s1. The van der Waals surface area contributed by atoms with Gasteiger partial charge in [-0.3, -0.25) is 4.79 Å². The third-order valence-electron chi connectivity index (χ3n) is 4.00. The highest BCUT2D eigenvalue weighted by molar-refractivity contribution is 5.89. The molecule has 0 spiro atoms. The Balaban J connectivity index is 2.11.